The van der Waals surface area contributed by atoms with Gasteiger partial charge >= 0.3 is 0 Å². The van der Waals surface area contributed by atoms with Crippen molar-refractivity contribution in [3.05, 3.63) is 29.3 Å². The van der Waals surface area contributed by atoms with E-state index >= 15 is 0 Å². The fourth-order valence-electron chi connectivity index (χ4n) is 3.45. The Morgan fingerprint density at radius 3 is 2.75 bits per heavy atom. The molecule has 6 heteroatoms. The number of halogens is 1. The first-order chi connectivity index (χ1) is 9.48. The average Bonchev–Trinajstić information content (AvgIpc) is 2.85. The average molecular weight is 315 g/mol. The number of hydrogen-bond donors (Lipinski definition) is 1. The van der Waals surface area contributed by atoms with Gasteiger partial charge in [0.2, 0.25) is 10.0 Å². The van der Waals surface area contributed by atoms with Crippen LogP contribution < -0.4 is 5.73 Å². The molecule has 1 saturated heterocycles. The van der Waals surface area contributed by atoms with Crippen LogP contribution in [0.4, 0.5) is 0 Å². The van der Waals surface area contributed by atoms with E-state index in [-0.39, 0.29) is 10.9 Å². The van der Waals surface area contributed by atoms with Gasteiger partial charge in [0.15, 0.2) is 0 Å². The third-order valence-corrected chi connectivity index (χ3v) is 6.62. The van der Waals surface area contributed by atoms with Crippen LogP contribution in [0.5, 0.6) is 0 Å². The maximum Gasteiger partial charge on any atom is 0.243 e. The zero-order chi connectivity index (χ0) is 14.3. The molecule has 3 atom stereocenters. The summed E-state index contributed by atoms with van der Waals surface area (Å²) in [7, 11) is -3.45. The summed E-state index contributed by atoms with van der Waals surface area (Å²) < 4.78 is 26.9. The van der Waals surface area contributed by atoms with Crippen molar-refractivity contribution >= 4 is 21.6 Å². The molecule has 0 radical (unpaired) electrons. The number of nitrogens with two attached hydrogens (primary N) is 1. The van der Waals surface area contributed by atoms with Crippen LogP contribution in [0, 0.1) is 11.8 Å². The van der Waals surface area contributed by atoms with Gasteiger partial charge in [-0.25, -0.2) is 8.42 Å². The maximum atomic E-state index is 12.7. The van der Waals surface area contributed by atoms with E-state index in [0.29, 0.717) is 29.9 Å². The number of nitrogens with zero attached hydrogens (tertiary/aromatic N) is 1. The number of benzene rings is 1. The molecule has 110 valence electrons. The summed E-state index contributed by atoms with van der Waals surface area (Å²) in [6, 6.07) is 6.60. The van der Waals surface area contributed by atoms with Crippen molar-refractivity contribution in [2.45, 2.75) is 30.2 Å². The Morgan fingerprint density at radius 1 is 1.25 bits per heavy atom. The predicted octanol–water partition coefficient (Wildman–Crippen LogP) is 2.09. The lowest BCUT2D eigenvalue weighted by Crippen LogP contribution is -2.38. The minimum absolute atomic E-state index is 0.133. The van der Waals surface area contributed by atoms with Crippen LogP contribution in [0.1, 0.15) is 19.3 Å². The molecular formula is C14H19ClN2O2S. The highest BCUT2D eigenvalue weighted by Crippen LogP contribution is 2.37. The first kappa shape index (κ1) is 14.3. The molecule has 20 heavy (non-hydrogen) atoms. The summed E-state index contributed by atoms with van der Waals surface area (Å²) >= 11 is 5.90. The van der Waals surface area contributed by atoms with Gasteiger partial charge < -0.3 is 5.73 Å². The zero-order valence-electron chi connectivity index (χ0n) is 11.2. The van der Waals surface area contributed by atoms with Gasteiger partial charge in [0.05, 0.1) is 4.90 Å². The summed E-state index contributed by atoms with van der Waals surface area (Å²) in [6.45, 7) is 1.13. The molecule has 3 rings (SSSR count). The van der Waals surface area contributed by atoms with E-state index in [2.05, 4.69) is 0 Å². The van der Waals surface area contributed by atoms with Crippen molar-refractivity contribution in [2.24, 2.45) is 17.6 Å². The minimum atomic E-state index is -3.45. The van der Waals surface area contributed by atoms with E-state index in [1.807, 2.05) is 0 Å². The lowest BCUT2D eigenvalue weighted by atomic mass is 9.78. The fraction of sp³-hybridized carbons (Fsp3) is 0.571. The van der Waals surface area contributed by atoms with E-state index in [4.69, 9.17) is 17.3 Å². The van der Waals surface area contributed by atoms with Gasteiger partial charge in [-0.05, 0) is 42.9 Å². The molecule has 1 aliphatic heterocycles. The Kier molecular flexibility index (Phi) is 3.79. The lowest BCUT2D eigenvalue weighted by Gasteiger charge is -2.29. The summed E-state index contributed by atoms with van der Waals surface area (Å²) in [5, 5.41) is 0.444. The van der Waals surface area contributed by atoms with Gasteiger partial charge in [-0.3, -0.25) is 0 Å². The lowest BCUT2D eigenvalue weighted by molar-refractivity contribution is 0.260. The monoisotopic (exact) mass is 314 g/mol. The summed E-state index contributed by atoms with van der Waals surface area (Å²) in [5.41, 5.74) is 6.15. The molecule has 3 unspecified atom stereocenters. The maximum absolute atomic E-state index is 12.7. The number of fused-ring (bicyclic) bond motifs is 1. The highest BCUT2D eigenvalue weighted by atomic mass is 35.5. The van der Waals surface area contributed by atoms with Crippen LogP contribution in [-0.2, 0) is 10.0 Å². The summed E-state index contributed by atoms with van der Waals surface area (Å²) in [6.07, 6.45) is 3.19. The van der Waals surface area contributed by atoms with Crippen LogP contribution in [0.15, 0.2) is 29.2 Å². The molecule has 1 saturated carbocycles. The Bertz CT molecular complexity index is 605. The minimum Gasteiger partial charge on any atom is -0.327 e. The molecule has 4 nitrogen and oxygen atoms in total. The van der Waals surface area contributed by atoms with Gasteiger partial charge in [0.25, 0.3) is 0 Å². The molecule has 1 heterocycles. The standard InChI is InChI=1S/C14H19ClN2O2S/c15-11-4-2-5-12(7-11)20(18,19)17-8-10-3-1-6-14(16)13(10)9-17/h2,4-5,7,10,13-14H,1,3,6,8-9,16H2. The fourth-order valence-corrected chi connectivity index (χ4v) is 5.28. The smallest absolute Gasteiger partial charge is 0.243 e. The second-order valence-corrected chi connectivity index (χ2v) is 8.17. The Labute approximate surface area is 125 Å². The van der Waals surface area contributed by atoms with E-state index in [1.54, 1.807) is 22.5 Å². The Morgan fingerprint density at radius 2 is 2.05 bits per heavy atom. The van der Waals surface area contributed by atoms with Gasteiger partial charge in [-0.2, -0.15) is 4.31 Å². The van der Waals surface area contributed by atoms with Crippen molar-refractivity contribution in [1.29, 1.82) is 0 Å². The van der Waals surface area contributed by atoms with Gasteiger partial charge in [-0.15, -0.1) is 0 Å². The van der Waals surface area contributed by atoms with Crippen molar-refractivity contribution < 1.29 is 8.42 Å². The molecule has 1 aliphatic carbocycles. The molecule has 2 aliphatic rings. The molecule has 0 spiro atoms. The van der Waals surface area contributed by atoms with E-state index in [1.165, 1.54) is 6.07 Å². The molecule has 0 aromatic heterocycles. The molecular weight excluding hydrogens is 296 g/mol. The third kappa shape index (κ3) is 2.48. The Hall–Kier alpha value is -0.620. The number of hydrogen-bond acceptors (Lipinski definition) is 3. The largest absolute Gasteiger partial charge is 0.327 e. The first-order valence-corrected chi connectivity index (χ1v) is 8.81. The van der Waals surface area contributed by atoms with Gasteiger partial charge in [-0.1, -0.05) is 24.1 Å². The van der Waals surface area contributed by atoms with Crippen LogP contribution in [0.25, 0.3) is 0 Å². The molecule has 0 amide bonds. The van der Waals surface area contributed by atoms with Crippen molar-refractivity contribution in [3.63, 3.8) is 0 Å². The second-order valence-electron chi connectivity index (χ2n) is 5.80. The van der Waals surface area contributed by atoms with E-state index in [9.17, 15) is 8.42 Å². The molecule has 2 fully saturated rings. The number of sulfonamides is 1. The quantitative estimate of drug-likeness (QED) is 0.909. The highest BCUT2D eigenvalue weighted by Gasteiger charge is 2.43. The molecule has 0 bridgehead atoms. The van der Waals surface area contributed by atoms with Crippen molar-refractivity contribution in [1.82, 2.24) is 4.31 Å². The van der Waals surface area contributed by atoms with E-state index < -0.39 is 10.0 Å². The van der Waals surface area contributed by atoms with E-state index in [0.717, 1.165) is 19.3 Å². The van der Waals surface area contributed by atoms with Crippen LogP contribution in [0.2, 0.25) is 5.02 Å². The highest BCUT2D eigenvalue weighted by molar-refractivity contribution is 7.89. The summed E-state index contributed by atoms with van der Waals surface area (Å²) in [5.74, 6) is 0.713. The zero-order valence-corrected chi connectivity index (χ0v) is 12.8. The summed E-state index contributed by atoms with van der Waals surface area (Å²) in [4.78, 5) is 0.275. The number of rotatable bonds is 2. The van der Waals surface area contributed by atoms with Gasteiger partial charge in [0.1, 0.15) is 0 Å². The molecule has 1 aromatic rings. The first-order valence-electron chi connectivity index (χ1n) is 7.00. The van der Waals surface area contributed by atoms with Crippen LogP contribution >= 0.6 is 11.6 Å². The van der Waals surface area contributed by atoms with Crippen molar-refractivity contribution in [2.75, 3.05) is 13.1 Å². The van der Waals surface area contributed by atoms with Crippen LogP contribution in [0.3, 0.4) is 0 Å². The normalized spacial score (nSPS) is 31.2. The SMILES string of the molecule is NC1CCCC2CN(S(=O)(=O)c3cccc(Cl)c3)CC12. The van der Waals surface area contributed by atoms with Crippen LogP contribution in [-0.4, -0.2) is 31.9 Å². The Balaban J connectivity index is 1.86. The van der Waals surface area contributed by atoms with Crippen molar-refractivity contribution in [3.8, 4) is 0 Å². The molecule has 2 N–H and O–H groups in total. The topological polar surface area (TPSA) is 63.4 Å². The predicted molar refractivity (Wildman–Crippen MR) is 79.0 cm³/mol. The third-order valence-electron chi connectivity index (χ3n) is 4.55. The molecule has 1 aromatic carbocycles. The second kappa shape index (κ2) is 5.30. The van der Waals surface area contributed by atoms with Gasteiger partial charge in [0, 0.05) is 24.2 Å².